The van der Waals surface area contributed by atoms with Gasteiger partial charge in [0.2, 0.25) is 5.60 Å². The molecule has 2 heterocycles. The first kappa shape index (κ1) is 14.1. The van der Waals surface area contributed by atoms with E-state index in [1.165, 1.54) is 0 Å². The topological polar surface area (TPSA) is 45.1 Å². The van der Waals surface area contributed by atoms with Crippen LogP contribution < -0.4 is 0 Å². The van der Waals surface area contributed by atoms with Gasteiger partial charge < -0.3 is 14.6 Å². The summed E-state index contributed by atoms with van der Waals surface area (Å²) in [7, 11) is 2.08. The summed E-state index contributed by atoms with van der Waals surface area (Å²) in [6, 6.07) is 9.89. The molecule has 0 radical (unpaired) electrons. The first-order valence-corrected chi connectivity index (χ1v) is 7.37. The molecule has 5 heteroatoms. The van der Waals surface area contributed by atoms with Gasteiger partial charge in [0.05, 0.1) is 5.71 Å². The Bertz CT molecular complexity index is 550. The molecule has 0 N–H and O–H groups in total. The molecule has 3 rings (SSSR count). The number of carbonyl (C=O) groups is 1. The smallest absolute Gasteiger partial charge is 0.269 e. The number of benzene rings is 1. The molecule has 0 aliphatic carbocycles. The van der Waals surface area contributed by atoms with Gasteiger partial charge in [-0.3, -0.25) is 4.79 Å². The van der Waals surface area contributed by atoms with Crippen molar-refractivity contribution in [2.45, 2.75) is 18.9 Å². The second kappa shape index (κ2) is 5.48. The van der Waals surface area contributed by atoms with E-state index in [0.29, 0.717) is 6.42 Å². The molecule has 5 nitrogen and oxygen atoms in total. The van der Waals surface area contributed by atoms with Gasteiger partial charge in [-0.15, -0.1) is 0 Å². The fourth-order valence-electron chi connectivity index (χ4n) is 2.78. The van der Waals surface area contributed by atoms with Crippen LogP contribution >= 0.6 is 0 Å². The predicted molar refractivity (Wildman–Crippen MR) is 81.2 cm³/mol. The van der Waals surface area contributed by atoms with Gasteiger partial charge in [-0.2, -0.15) is 0 Å². The van der Waals surface area contributed by atoms with E-state index in [2.05, 4.69) is 17.1 Å². The Kier molecular flexibility index (Phi) is 3.68. The summed E-state index contributed by atoms with van der Waals surface area (Å²) in [5.74, 6) is 0.0466. The third kappa shape index (κ3) is 2.78. The van der Waals surface area contributed by atoms with Crippen LogP contribution in [0.2, 0.25) is 0 Å². The third-order valence-electron chi connectivity index (χ3n) is 4.21. The zero-order chi connectivity index (χ0) is 14.9. The lowest BCUT2D eigenvalue weighted by Gasteiger charge is -2.36. The van der Waals surface area contributed by atoms with Crippen molar-refractivity contribution < 1.29 is 9.63 Å². The molecule has 1 aromatic rings. The first-order chi connectivity index (χ1) is 10.1. The van der Waals surface area contributed by atoms with Crippen LogP contribution in [0.25, 0.3) is 0 Å². The summed E-state index contributed by atoms with van der Waals surface area (Å²) in [4.78, 5) is 22.4. The van der Waals surface area contributed by atoms with E-state index >= 15 is 0 Å². The van der Waals surface area contributed by atoms with Crippen LogP contribution in [0.1, 0.15) is 18.9 Å². The van der Waals surface area contributed by atoms with Crippen molar-refractivity contribution in [1.82, 2.24) is 9.80 Å². The number of rotatable bonds is 2. The van der Waals surface area contributed by atoms with Gasteiger partial charge in [0.1, 0.15) is 0 Å². The average molecular weight is 287 g/mol. The van der Waals surface area contributed by atoms with Gasteiger partial charge in [-0.1, -0.05) is 35.5 Å². The highest BCUT2D eigenvalue weighted by Gasteiger charge is 2.45. The third-order valence-corrected chi connectivity index (χ3v) is 4.21. The lowest BCUT2D eigenvalue weighted by Crippen LogP contribution is -2.54. The van der Waals surface area contributed by atoms with Crippen molar-refractivity contribution in [3.05, 3.63) is 35.9 Å². The maximum absolute atomic E-state index is 12.7. The molecule has 2 aliphatic rings. The SMILES string of the molecule is CN1CCN(C(=O)[C@]2(C)CC(c3ccccc3)=NO2)CC1. The lowest BCUT2D eigenvalue weighted by molar-refractivity contribution is -0.154. The van der Waals surface area contributed by atoms with Crippen molar-refractivity contribution in [2.24, 2.45) is 5.16 Å². The standard InChI is InChI=1S/C16H21N3O2/c1-16(15(20)19-10-8-18(2)9-11-19)12-14(17-21-16)13-6-4-3-5-7-13/h3-7H,8-12H2,1-2H3/t16-/m0/s1. The average Bonchev–Trinajstić information content (AvgIpc) is 2.92. The number of oxime groups is 1. The number of carbonyl (C=O) groups excluding carboxylic acids is 1. The molecule has 1 fully saturated rings. The Labute approximate surface area is 125 Å². The first-order valence-electron chi connectivity index (χ1n) is 7.37. The molecule has 112 valence electrons. The van der Waals surface area contributed by atoms with Crippen molar-refractivity contribution in [3.8, 4) is 0 Å². The molecule has 1 saturated heterocycles. The van der Waals surface area contributed by atoms with Crippen LogP contribution in [0, 0.1) is 0 Å². The van der Waals surface area contributed by atoms with E-state index in [0.717, 1.165) is 37.5 Å². The molecule has 1 atom stereocenters. The minimum atomic E-state index is -0.860. The van der Waals surface area contributed by atoms with Crippen LogP contribution in [0.3, 0.4) is 0 Å². The summed E-state index contributed by atoms with van der Waals surface area (Å²) in [6.45, 7) is 5.18. The lowest BCUT2D eigenvalue weighted by atomic mass is 9.94. The van der Waals surface area contributed by atoms with E-state index in [9.17, 15) is 4.79 Å². The Hall–Kier alpha value is -1.88. The van der Waals surface area contributed by atoms with Crippen LogP contribution in [0.15, 0.2) is 35.5 Å². The Balaban J connectivity index is 1.68. The van der Waals surface area contributed by atoms with Crippen molar-refractivity contribution >= 4 is 11.6 Å². The van der Waals surface area contributed by atoms with Crippen LogP contribution in [0.4, 0.5) is 0 Å². The highest BCUT2D eigenvalue weighted by Crippen LogP contribution is 2.28. The fraction of sp³-hybridized carbons (Fsp3) is 0.500. The van der Waals surface area contributed by atoms with Gasteiger partial charge in [-0.25, -0.2) is 0 Å². The molecule has 0 unspecified atom stereocenters. The van der Waals surface area contributed by atoms with Gasteiger partial charge in [-0.05, 0) is 19.5 Å². The number of piperazine rings is 1. The second-order valence-corrected chi connectivity index (χ2v) is 6.00. The Morgan fingerprint density at radius 1 is 1.19 bits per heavy atom. The zero-order valence-electron chi connectivity index (χ0n) is 12.6. The molecule has 0 spiro atoms. The largest absolute Gasteiger partial charge is 0.379 e. The summed E-state index contributed by atoms with van der Waals surface area (Å²) in [5.41, 5.74) is 1.01. The van der Waals surface area contributed by atoms with Crippen molar-refractivity contribution in [2.75, 3.05) is 33.2 Å². The normalized spacial score (nSPS) is 26.4. The van der Waals surface area contributed by atoms with E-state index in [-0.39, 0.29) is 5.91 Å². The molecule has 2 aliphatic heterocycles. The number of nitrogens with zero attached hydrogens (tertiary/aromatic N) is 3. The zero-order valence-corrected chi connectivity index (χ0v) is 12.6. The van der Waals surface area contributed by atoms with E-state index in [1.54, 1.807) is 0 Å². The molecule has 0 aromatic heterocycles. The summed E-state index contributed by atoms with van der Waals surface area (Å²) in [5, 5.41) is 4.15. The molecule has 1 aromatic carbocycles. The van der Waals surface area contributed by atoms with Crippen LogP contribution in [-0.4, -0.2) is 60.2 Å². The number of likely N-dealkylation sites (N-methyl/N-ethyl adjacent to an activating group) is 1. The maximum Gasteiger partial charge on any atom is 0.269 e. The predicted octanol–water partition coefficient (Wildman–Crippen LogP) is 1.34. The minimum Gasteiger partial charge on any atom is -0.379 e. The molecule has 0 saturated carbocycles. The van der Waals surface area contributed by atoms with E-state index < -0.39 is 5.60 Å². The van der Waals surface area contributed by atoms with Gasteiger partial charge in [0.25, 0.3) is 5.91 Å². The summed E-state index contributed by atoms with van der Waals surface area (Å²) in [6.07, 6.45) is 0.530. The van der Waals surface area contributed by atoms with E-state index in [4.69, 9.17) is 4.84 Å². The highest BCUT2D eigenvalue weighted by atomic mass is 16.7. The minimum absolute atomic E-state index is 0.0466. The van der Waals surface area contributed by atoms with Crippen molar-refractivity contribution in [3.63, 3.8) is 0 Å². The number of amides is 1. The second-order valence-electron chi connectivity index (χ2n) is 6.00. The van der Waals surface area contributed by atoms with E-state index in [1.807, 2.05) is 42.2 Å². The monoisotopic (exact) mass is 287 g/mol. The van der Waals surface area contributed by atoms with Crippen LogP contribution in [-0.2, 0) is 9.63 Å². The fourth-order valence-corrected chi connectivity index (χ4v) is 2.78. The molecular formula is C16H21N3O2. The Morgan fingerprint density at radius 3 is 2.52 bits per heavy atom. The molecular weight excluding hydrogens is 266 g/mol. The van der Waals surface area contributed by atoms with Crippen molar-refractivity contribution in [1.29, 1.82) is 0 Å². The number of hydrogen-bond donors (Lipinski definition) is 0. The van der Waals surface area contributed by atoms with Gasteiger partial charge in [0.15, 0.2) is 0 Å². The maximum atomic E-state index is 12.7. The summed E-state index contributed by atoms with van der Waals surface area (Å²) < 4.78 is 0. The summed E-state index contributed by atoms with van der Waals surface area (Å²) >= 11 is 0. The van der Waals surface area contributed by atoms with Gasteiger partial charge in [0, 0.05) is 32.6 Å². The number of hydrogen-bond acceptors (Lipinski definition) is 4. The van der Waals surface area contributed by atoms with Crippen LogP contribution in [0.5, 0.6) is 0 Å². The Morgan fingerprint density at radius 2 is 1.86 bits per heavy atom. The van der Waals surface area contributed by atoms with Gasteiger partial charge >= 0.3 is 0 Å². The molecule has 1 amide bonds. The highest BCUT2D eigenvalue weighted by molar-refractivity contribution is 6.05. The molecule has 0 bridgehead atoms. The molecule has 21 heavy (non-hydrogen) atoms. The quantitative estimate of drug-likeness (QED) is 0.824.